The fourth-order valence-electron chi connectivity index (χ4n) is 2.56. The van der Waals surface area contributed by atoms with Crippen LogP contribution in [-0.2, 0) is 9.53 Å². The average molecular weight is 284 g/mol. The first-order valence-electron chi connectivity index (χ1n) is 7.70. The zero-order chi connectivity index (χ0) is 15.4. The van der Waals surface area contributed by atoms with E-state index in [2.05, 4.69) is 31.0 Å². The van der Waals surface area contributed by atoms with Crippen molar-refractivity contribution in [3.63, 3.8) is 0 Å². The Morgan fingerprint density at radius 3 is 2.20 bits per heavy atom. The Labute approximate surface area is 124 Å². The number of carbonyl (C=O) groups excluding carboxylic acids is 1. The summed E-state index contributed by atoms with van der Waals surface area (Å²) in [5.41, 5.74) is -0.365. The van der Waals surface area contributed by atoms with Gasteiger partial charge in [-0.3, -0.25) is 4.79 Å². The Bertz CT molecular complexity index is 313. The molecule has 1 fully saturated rings. The number of amides is 1. The minimum atomic E-state index is -0.729. The number of carbonyl (C=O) groups is 1. The van der Waals surface area contributed by atoms with Crippen molar-refractivity contribution in [3.8, 4) is 0 Å². The highest BCUT2D eigenvalue weighted by molar-refractivity contribution is 5.84. The summed E-state index contributed by atoms with van der Waals surface area (Å²) in [7, 11) is 1.57. The fourth-order valence-corrected chi connectivity index (χ4v) is 2.56. The highest BCUT2D eigenvalue weighted by atomic mass is 16.5. The molecule has 0 aliphatic carbocycles. The van der Waals surface area contributed by atoms with E-state index >= 15 is 0 Å². The minimum absolute atomic E-state index is 0.0166. The number of nitrogens with one attached hydrogen (secondary N) is 1. The van der Waals surface area contributed by atoms with Gasteiger partial charge in [-0.05, 0) is 51.1 Å². The molecule has 118 valence electrons. The third-order valence-corrected chi connectivity index (χ3v) is 4.01. The van der Waals surface area contributed by atoms with E-state index in [0.717, 1.165) is 26.2 Å². The zero-order valence-corrected chi connectivity index (χ0v) is 14.1. The predicted octanol–water partition coefficient (Wildman–Crippen LogP) is 2.29. The van der Waals surface area contributed by atoms with Crippen LogP contribution in [0.1, 0.15) is 47.5 Å². The number of nitrogens with zero attached hydrogens (tertiary/aromatic N) is 1. The summed E-state index contributed by atoms with van der Waals surface area (Å²) in [5.74, 6) is 0.583. The van der Waals surface area contributed by atoms with Crippen LogP contribution in [0.3, 0.4) is 0 Å². The standard InChI is InChI=1S/C16H32N2O2/c1-15(2,3)12-18-9-7-13(8-10-18)11-17-14(19)16(4,5)20-6/h13H,7-12H2,1-6H3,(H,17,19). The fraction of sp³-hybridized carbons (Fsp3) is 0.938. The number of hydrogen-bond acceptors (Lipinski definition) is 3. The van der Waals surface area contributed by atoms with Crippen molar-refractivity contribution in [2.45, 2.75) is 53.1 Å². The maximum absolute atomic E-state index is 11.9. The van der Waals surface area contributed by atoms with Crippen molar-refractivity contribution in [3.05, 3.63) is 0 Å². The van der Waals surface area contributed by atoms with E-state index in [1.165, 1.54) is 12.8 Å². The van der Waals surface area contributed by atoms with Crippen LogP contribution >= 0.6 is 0 Å². The molecular formula is C16H32N2O2. The number of hydrogen-bond donors (Lipinski definition) is 1. The first-order chi connectivity index (χ1) is 9.14. The van der Waals surface area contributed by atoms with Crippen LogP contribution in [0.5, 0.6) is 0 Å². The maximum Gasteiger partial charge on any atom is 0.251 e. The predicted molar refractivity (Wildman–Crippen MR) is 82.7 cm³/mol. The molecule has 0 saturated carbocycles. The Kier molecular flexibility index (Phi) is 6.02. The van der Waals surface area contributed by atoms with Crippen molar-refractivity contribution >= 4 is 5.91 Å². The number of methoxy groups -OCH3 is 1. The molecule has 0 radical (unpaired) electrons. The van der Waals surface area contributed by atoms with Gasteiger partial charge < -0.3 is 15.0 Å². The molecule has 1 rings (SSSR count). The van der Waals surface area contributed by atoms with Crippen LogP contribution in [-0.4, -0.2) is 49.7 Å². The van der Waals surface area contributed by atoms with Gasteiger partial charge in [0.15, 0.2) is 0 Å². The van der Waals surface area contributed by atoms with Gasteiger partial charge in [0.05, 0.1) is 0 Å². The SMILES string of the molecule is COC(C)(C)C(=O)NCC1CCN(CC(C)(C)C)CC1. The summed E-state index contributed by atoms with van der Waals surface area (Å²) in [4.78, 5) is 14.5. The molecule has 1 amide bonds. The molecule has 20 heavy (non-hydrogen) atoms. The lowest BCUT2D eigenvalue weighted by molar-refractivity contribution is -0.139. The molecule has 0 atom stereocenters. The molecule has 0 unspecified atom stereocenters. The normalized spacial score (nSPS) is 19.1. The first kappa shape index (κ1) is 17.4. The molecule has 0 spiro atoms. The van der Waals surface area contributed by atoms with Crippen LogP contribution in [0.15, 0.2) is 0 Å². The van der Waals surface area contributed by atoms with Gasteiger partial charge in [-0.1, -0.05) is 20.8 Å². The topological polar surface area (TPSA) is 41.6 Å². The zero-order valence-electron chi connectivity index (χ0n) is 14.1. The molecule has 4 nitrogen and oxygen atoms in total. The third kappa shape index (κ3) is 5.80. The van der Waals surface area contributed by atoms with Crippen LogP contribution in [0.25, 0.3) is 0 Å². The lowest BCUT2D eigenvalue weighted by Crippen LogP contribution is -2.47. The molecule has 0 aromatic heterocycles. The Morgan fingerprint density at radius 2 is 1.75 bits per heavy atom. The van der Waals surface area contributed by atoms with Crippen molar-refractivity contribution in [2.24, 2.45) is 11.3 Å². The highest BCUT2D eigenvalue weighted by Gasteiger charge is 2.28. The molecular weight excluding hydrogens is 252 g/mol. The van der Waals surface area contributed by atoms with Gasteiger partial charge in [-0.2, -0.15) is 0 Å². The molecule has 1 aliphatic rings. The van der Waals surface area contributed by atoms with Crippen LogP contribution in [0.2, 0.25) is 0 Å². The Hall–Kier alpha value is -0.610. The minimum Gasteiger partial charge on any atom is -0.369 e. The van der Waals surface area contributed by atoms with Gasteiger partial charge in [-0.25, -0.2) is 0 Å². The third-order valence-electron chi connectivity index (χ3n) is 4.01. The second kappa shape index (κ2) is 6.90. The molecule has 0 aromatic carbocycles. The van der Waals surface area contributed by atoms with Gasteiger partial charge >= 0.3 is 0 Å². The van der Waals surface area contributed by atoms with Gasteiger partial charge in [0, 0.05) is 20.2 Å². The second-order valence-electron chi connectivity index (χ2n) is 7.70. The lowest BCUT2D eigenvalue weighted by Gasteiger charge is -2.36. The molecule has 1 N–H and O–H groups in total. The summed E-state index contributed by atoms with van der Waals surface area (Å²) in [5, 5.41) is 3.02. The average Bonchev–Trinajstić information content (AvgIpc) is 2.35. The largest absolute Gasteiger partial charge is 0.369 e. The van der Waals surface area contributed by atoms with E-state index in [0.29, 0.717) is 11.3 Å². The van der Waals surface area contributed by atoms with Gasteiger partial charge in [0.2, 0.25) is 0 Å². The Morgan fingerprint density at radius 1 is 1.20 bits per heavy atom. The van der Waals surface area contributed by atoms with Crippen LogP contribution in [0.4, 0.5) is 0 Å². The highest BCUT2D eigenvalue weighted by Crippen LogP contribution is 2.21. The lowest BCUT2D eigenvalue weighted by atomic mass is 9.92. The van der Waals surface area contributed by atoms with Crippen LogP contribution in [0, 0.1) is 11.3 Å². The van der Waals surface area contributed by atoms with Crippen molar-refractivity contribution in [2.75, 3.05) is 33.3 Å². The number of rotatable bonds is 5. The maximum atomic E-state index is 11.9. The smallest absolute Gasteiger partial charge is 0.251 e. The monoisotopic (exact) mass is 284 g/mol. The number of likely N-dealkylation sites (tertiary alicyclic amines) is 1. The summed E-state index contributed by atoms with van der Waals surface area (Å²) in [6, 6.07) is 0. The van der Waals surface area contributed by atoms with Gasteiger partial charge in [-0.15, -0.1) is 0 Å². The summed E-state index contributed by atoms with van der Waals surface area (Å²) in [6.07, 6.45) is 2.34. The molecule has 0 aromatic rings. The Balaban J connectivity index is 2.28. The van der Waals surface area contributed by atoms with Crippen molar-refractivity contribution in [1.82, 2.24) is 10.2 Å². The van der Waals surface area contributed by atoms with E-state index in [9.17, 15) is 4.79 Å². The van der Waals surface area contributed by atoms with Crippen molar-refractivity contribution in [1.29, 1.82) is 0 Å². The van der Waals surface area contributed by atoms with Crippen molar-refractivity contribution < 1.29 is 9.53 Å². The molecule has 1 saturated heterocycles. The van der Waals surface area contributed by atoms with E-state index in [4.69, 9.17) is 4.74 Å². The number of ether oxygens (including phenoxy) is 1. The summed E-state index contributed by atoms with van der Waals surface area (Å²) >= 11 is 0. The molecule has 0 bridgehead atoms. The van der Waals surface area contributed by atoms with E-state index < -0.39 is 5.60 Å². The number of piperidine rings is 1. The second-order valence-corrected chi connectivity index (χ2v) is 7.70. The first-order valence-corrected chi connectivity index (χ1v) is 7.70. The van der Waals surface area contributed by atoms with Gasteiger partial charge in [0.1, 0.15) is 5.60 Å². The summed E-state index contributed by atoms with van der Waals surface area (Å²) < 4.78 is 5.19. The molecule has 4 heteroatoms. The van der Waals surface area contributed by atoms with Gasteiger partial charge in [0.25, 0.3) is 5.91 Å². The van der Waals surface area contributed by atoms with E-state index in [1.807, 2.05) is 0 Å². The summed E-state index contributed by atoms with van der Waals surface area (Å²) in [6.45, 7) is 14.7. The molecule has 1 heterocycles. The van der Waals surface area contributed by atoms with E-state index in [-0.39, 0.29) is 5.91 Å². The molecule has 1 aliphatic heterocycles. The van der Waals surface area contributed by atoms with E-state index in [1.54, 1.807) is 21.0 Å². The quantitative estimate of drug-likeness (QED) is 0.842. The van der Waals surface area contributed by atoms with Crippen LogP contribution < -0.4 is 5.32 Å².